The Morgan fingerprint density at radius 1 is 0.512 bits per heavy atom. The first-order chi connectivity index (χ1) is 40.4. The molecule has 0 fully saturated rings. The molecule has 0 saturated heterocycles. The summed E-state index contributed by atoms with van der Waals surface area (Å²) < 4.78 is 90.4. The zero-order valence-corrected chi connectivity index (χ0v) is 48.3. The maximum atomic E-state index is 15.3. The molecule has 1 aliphatic carbocycles. The van der Waals surface area contributed by atoms with Gasteiger partial charge in [-0.3, -0.25) is 33.5 Å². The Hall–Kier alpha value is -10.2. The average Bonchev–Trinajstić information content (AvgIpc) is 0.755. The summed E-state index contributed by atoms with van der Waals surface area (Å²) in [6, 6.07) is 25.5. The van der Waals surface area contributed by atoms with E-state index in [0.29, 0.717) is 0 Å². The minimum atomic E-state index is -4.54. The molecule has 0 heterocycles. The quantitative estimate of drug-likeness (QED) is 0.0101. The monoisotopic (exact) mass is 1220 g/mol. The van der Waals surface area contributed by atoms with Gasteiger partial charge in [0.05, 0.1) is 80.5 Å². The molecule has 8 N–H and O–H groups in total. The first-order valence-corrected chi connectivity index (χ1v) is 28.3. The van der Waals surface area contributed by atoms with E-state index in [0.717, 1.165) is 17.2 Å². The lowest BCUT2D eigenvalue weighted by Crippen LogP contribution is -2.28. The van der Waals surface area contributed by atoms with Gasteiger partial charge >= 0.3 is 35.8 Å². The van der Waals surface area contributed by atoms with Crippen LogP contribution in [0.2, 0.25) is 0 Å². The summed E-state index contributed by atoms with van der Waals surface area (Å²) in [6.07, 6.45) is -1.42. The number of ketones is 2. The van der Waals surface area contributed by atoms with Gasteiger partial charge in [0.2, 0.25) is 0 Å². The van der Waals surface area contributed by atoms with Crippen molar-refractivity contribution >= 4 is 91.1 Å². The van der Waals surface area contributed by atoms with Crippen LogP contribution in [0.5, 0.6) is 34.5 Å². The smallest absolute Gasteiger partial charge is 0.333 e. The minimum Gasteiger partial charge on any atom is -0.462 e. The number of rotatable bonds is 26. The number of nitrogens with one attached hydrogen (secondary N) is 2. The highest BCUT2D eigenvalue weighted by atomic mass is 32.2. The van der Waals surface area contributed by atoms with Crippen molar-refractivity contribution in [2.45, 2.75) is 63.2 Å². The van der Waals surface area contributed by atoms with Gasteiger partial charge in [-0.2, -0.15) is 0 Å². The maximum Gasteiger partial charge on any atom is 0.333 e. The third-order valence-corrected chi connectivity index (χ3v) is 14.6. The number of anilines is 4. The van der Waals surface area contributed by atoms with Crippen LogP contribution in [0.3, 0.4) is 0 Å². The largest absolute Gasteiger partial charge is 0.462 e. The third kappa shape index (κ3) is 16.8. The Morgan fingerprint density at radius 3 is 1.30 bits per heavy atom. The van der Waals surface area contributed by atoms with Gasteiger partial charge in [0.25, 0.3) is 10.0 Å². The van der Waals surface area contributed by atoms with Crippen molar-refractivity contribution in [1.82, 2.24) is 0 Å². The van der Waals surface area contributed by atoms with Crippen molar-refractivity contribution in [2.75, 3.05) is 47.3 Å². The number of fused-ring (bicyclic) bond motifs is 2. The van der Waals surface area contributed by atoms with Crippen molar-refractivity contribution in [3.8, 4) is 34.5 Å². The first kappa shape index (κ1) is 65.0. The number of hydrogen-bond donors (Lipinski definition) is 4. The van der Waals surface area contributed by atoms with Gasteiger partial charge in [-0.15, -0.1) is 0 Å². The Kier molecular flexibility index (Phi) is 21.8. The van der Waals surface area contributed by atoms with E-state index in [1.54, 1.807) is 43.3 Å². The van der Waals surface area contributed by atoms with Crippen molar-refractivity contribution in [1.29, 1.82) is 0 Å². The van der Waals surface area contributed by atoms with E-state index in [-0.39, 0.29) is 119 Å². The fourth-order valence-electron chi connectivity index (χ4n) is 7.76. The lowest BCUT2D eigenvalue weighted by Gasteiger charge is -2.27. The van der Waals surface area contributed by atoms with E-state index in [4.69, 9.17) is 49.4 Å². The fraction of sp³-hybridized carbons (Fsp3) is 0.200. The van der Waals surface area contributed by atoms with Gasteiger partial charge in [0.15, 0.2) is 23.1 Å². The summed E-state index contributed by atoms with van der Waals surface area (Å²) in [5.41, 5.74) is 12.0. The molecule has 0 radical (unpaired) electrons. The maximum absolute atomic E-state index is 15.3. The molecule has 0 spiro atoms. The van der Waals surface area contributed by atoms with E-state index < -0.39 is 108 Å². The Balaban J connectivity index is 0.0000118. The van der Waals surface area contributed by atoms with E-state index in [9.17, 15) is 41.4 Å². The van der Waals surface area contributed by atoms with Gasteiger partial charge in [-0.1, -0.05) is 48.6 Å². The number of nitrogens with two attached hydrogens (primary N) is 2. The standard InChI is InChI=1S/C60H56N4O19S2.H2O/c1-33(2)59(71)78-29-27-76-47(65)23-25-49(67)82-39-15-11-37(12-16-39)80-45-31-43(63-84(73)41-19-7-35(5)8-20-41)51-53(55(45)61)58(70)54-52(57(51)69)44(64-85(74,75)42-21-9-36(6)10-22-42)32-46(56(54)62)81-38-13-17-40(18-14-38)83-50(68)26-24-48(66)77-28-30-79-60(72)34(3)4;/h7-22,31-32,63-64H,1,3,23-30,61-62H2,2,4-6H3;1H2. The molecule has 0 saturated carbocycles. The van der Waals surface area contributed by atoms with Crippen LogP contribution in [-0.4, -0.2) is 91.9 Å². The van der Waals surface area contributed by atoms with Crippen molar-refractivity contribution in [3.63, 3.8) is 0 Å². The average molecular weight is 1220 g/mol. The SMILES string of the molecule is C=C(C)C(=O)OCCOC(=O)CCC(=O)Oc1ccc(Oc2cc(NS(=O)c3ccc(C)cc3)c3c(c2N)C(=O)c2c(N)c(Oc4ccc(OC(=O)CCC(=O)OCCOC(=O)C(=C)C)cc4)cc(NS(=O)(=O)c4ccc(C)cc4)c2C3=O)cc1.O. The summed E-state index contributed by atoms with van der Waals surface area (Å²) in [5.74, 6) is -6.80. The number of carbonyl (C=O) groups is 8. The lowest BCUT2D eigenvalue weighted by atomic mass is 9.80. The van der Waals surface area contributed by atoms with Crippen LogP contribution in [0.25, 0.3) is 0 Å². The summed E-state index contributed by atoms with van der Waals surface area (Å²) in [5, 5.41) is 0. The normalized spacial score (nSPS) is 11.7. The van der Waals surface area contributed by atoms with Gasteiger partial charge < -0.3 is 59.6 Å². The molecule has 0 aromatic heterocycles. The topological polar surface area (TPSA) is 369 Å². The Labute approximate surface area is 495 Å². The van der Waals surface area contributed by atoms with Crippen LogP contribution < -0.4 is 39.9 Å². The van der Waals surface area contributed by atoms with Gasteiger partial charge in [-0.05, 0) is 100 Å². The molecule has 6 aromatic rings. The molecule has 86 heavy (non-hydrogen) atoms. The fourth-order valence-corrected chi connectivity index (χ4v) is 9.69. The number of nitrogen functional groups attached to an aromatic ring is 2. The van der Waals surface area contributed by atoms with Gasteiger partial charge in [0.1, 0.15) is 60.4 Å². The number of aryl methyl sites for hydroxylation is 2. The summed E-state index contributed by atoms with van der Waals surface area (Å²) in [7, 11) is -6.67. The molecule has 1 aliphatic rings. The number of hydrogen-bond acceptors (Lipinski definition) is 21. The number of benzene rings is 6. The van der Waals surface area contributed by atoms with Crippen LogP contribution >= 0.6 is 0 Å². The molecule has 450 valence electrons. The van der Waals surface area contributed by atoms with E-state index in [2.05, 4.69) is 22.6 Å². The van der Waals surface area contributed by atoms with E-state index in [1.165, 1.54) is 80.6 Å². The second kappa shape index (κ2) is 28.9. The molecule has 1 unspecified atom stereocenters. The summed E-state index contributed by atoms with van der Waals surface area (Å²) in [4.78, 5) is 103. The van der Waals surface area contributed by atoms with Gasteiger partial charge in [-0.25, -0.2) is 22.2 Å². The molecule has 7 rings (SSSR count). The van der Waals surface area contributed by atoms with Crippen LogP contribution in [0.4, 0.5) is 22.7 Å². The highest BCUT2D eigenvalue weighted by Gasteiger charge is 2.41. The lowest BCUT2D eigenvalue weighted by molar-refractivity contribution is -0.151. The molecule has 26 heteroatoms. The molecule has 0 amide bonds. The van der Waals surface area contributed by atoms with Crippen LogP contribution in [-0.2, 0) is 68.7 Å². The van der Waals surface area contributed by atoms with Crippen LogP contribution in [0.1, 0.15) is 82.5 Å². The second-order valence-electron chi connectivity index (χ2n) is 18.8. The van der Waals surface area contributed by atoms with E-state index >= 15 is 9.59 Å². The van der Waals surface area contributed by atoms with Crippen LogP contribution in [0, 0.1) is 13.8 Å². The Bertz CT molecular complexity index is 3790. The zero-order valence-electron chi connectivity index (χ0n) is 46.7. The molecule has 0 aliphatic heterocycles. The second-order valence-corrected chi connectivity index (χ2v) is 21.7. The van der Waals surface area contributed by atoms with E-state index in [1.807, 2.05) is 6.92 Å². The van der Waals surface area contributed by atoms with Crippen molar-refractivity contribution < 1.29 is 94.4 Å². The highest BCUT2D eigenvalue weighted by molar-refractivity contribution is 7.92. The molecule has 6 aromatic carbocycles. The highest BCUT2D eigenvalue weighted by Crippen LogP contribution is 2.48. The van der Waals surface area contributed by atoms with Crippen LogP contribution in [0.15, 0.2) is 143 Å². The minimum absolute atomic E-state index is 0. The first-order valence-electron chi connectivity index (χ1n) is 25.7. The molecular formula is C60H58N4O20S2. The molecule has 24 nitrogen and oxygen atoms in total. The zero-order chi connectivity index (χ0) is 61.7. The number of sulfonamides is 1. The predicted molar refractivity (Wildman–Crippen MR) is 312 cm³/mol. The number of carbonyl (C=O) groups excluding carboxylic acids is 8. The van der Waals surface area contributed by atoms with Gasteiger partial charge in [0, 0.05) is 23.3 Å². The molecule has 0 bridgehead atoms. The van der Waals surface area contributed by atoms with Crippen molar-refractivity contribution in [3.05, 3.63) is 167 Å². The number of ether oxygens (including phenoxy) is 8. The molecule has 1 atom stereocenters. The number of esters is 6. The Morgan fingerprint density at radius 2 is 0.872 bits per heavy atom. The predicted octanol–water partition coefficient (Wildman–Crippen LogP) is 7.63. The molecular weight excluding hydrogens is 1160 g/mol. The summed E-state index contributed by atoms with van der Waals surface area (Å²) >= 11 is 0. The third-order valence-electron chi connectivity index (χ3n) is 12.1. The summed E-state index contributed by atoms with van der Waals surface area (Å²) in [6.45, 7) is 12.5. The van der Waals surface area contributed by atoms with Crippen molar-refractivity contribution in [2.24, 2.45) is 0 Å².